The Bertz CT molecular complexity index is 759. The Morgan fingerprint density at radius 3 is 2.44 bits per heavy atom. The highest BCUT2D eigenvalue weighted by Gasteiger charge is 2.17. The van der Waals surface area contributed by atoms with Gasteiger partial charge in [-0.2, -0.15) is 0 Å². The maximum Gasteiger partial charge on any atom is 0.321 e. The lowest BCUT2D eigenvalue weighted by molar-refractivity contribution is -0.126. The van der Waals surface area contributed by atoms with Gasteiger partial charge in [0, 0.05) is 12.1 Å². The number of hydrogen-bond donors (Lipinski definition) is 2. The minimum Gasteiger partial charge on any atom is -0.481 e. The average Bonchev–Trinajstić information content (AvgIpc) is 2.61. The number of benzene rings is 2. The summed E-state index contributed by atoms with van der Waals surface area (Å²) in [6, 6.07) is 15.3. The minimum absolute atomic E-state index is 0.0946. The van der Waals surface area contributed by atoms with Gasteiger partial charge in [-0.25, -0.2) is 4.79 Å². The molecule has 0 saturated carbocycles. The first-order valence-electron chi connectivity index (χ1n) is 7.86. The predicted molar refractivity (Wildman–Crippen MR) is 93.4 cm³/mol. The van der Waals surface area contributed by atoms with Gasteiger partial charge < -0.3 is 10.1 Å². The van der Waals surface area contributed by atoms with E-state index in [0.717, 1.165) is 5.56 Å². The van der Waals surface area contributed by atoms with E-state index < -0.39 is 18.0 Å². The normalized spacial score (nSPS) is 11.3. The molecule has 2 rings (SSSR count). The highest BCUT2D eigenvalue weighted by molar-refractivity contribution is 5.96. The molecule has 0 aliphatic rings. The fraction of sp³-hybridized carbons (Fsp3) is 0.211. The third kappa shape index (κ3) is 5.76. The molecule has 25 heavy (non-hydrogen) atoms. The topological polar surface area (TPSA) is 84.5 Å². The Labute approximate surface area is 146 Å². The summed E-state index contributed by atoms with van der Waals surface area (Å²) < 4.78 is 5.49. The molecule has 0 bridgehead atoms. The van der Waals surface area contributed by atoms with Crippen LogP contribution in [0.1, 0.15) is 29.8 Å². The van der Waals surface area contributed by atoms with E-state index in [2.05, 4.69) is 10.6 Å². The van der Waals surface area contributed by atoms with Gasteiger partial charge in [0.25, 0.3) is 5.91 Å². The molecule has 6 heteroatoms. The molecule has 130 valence electrons. The monoisotopic (exact) mass is 340 g/mol. The van der Waals surface area contributed by atoms with Gasteiger partial charge in [0.15, 0.2) is 11.9 Å². The van der Waals surface area contributed by atoms with Gasteiger partial charge >= 0.3 is 6.03 Å². The highest BCUT2D eigenvalue weighted by atomic mass is 16.5. The van der Waals surface area contributed by atoms with E-state index in [-0.39, 0.29) is 5.78 Å². The molecule has 0 aliphatic heterocycles. The number of amides is 3. The lowest BCUT2D eigenvalue weighted by atomic mass is 10.1. The lowest BCUT2D eigenvalue weighted by Gasteiger charge is -2.15. The SMILES string of the molecule is CC(=O)c1cccc(O[C@@H](C)C(=O)NC(=O)NCc2ccccc2)c1. The number of imide groups is 1. The summed E-state index contributed by atoms with van der Waals surface area (Å²) in [7, 11) is 0. The quantitative estimate of drug-likeness (QED) is 0.792. The molecule has 0 aliphatic carbocycles. The molecule has 3 amide bonds. The number of ketones is 1. The first-order valence-corrected chi connectivity index (χ1v) is 7.86. The molecule has 0 saturated heterocycles. The van der Waals surface area contributed by atoms with E-state index in [1.54, 1.807) is 24.3 Å². The first-order chi connectivity index (χ1) is 12.0. The molecule has 0 fully saturated rings. The van der Waals surface area contributed by atoms with Crippen LogP contribution >= 0.6 is 0 Å². The summed E-state index contributed by atoms with van der Waals surface area (Å²) >= 11 is 0. The minimum atomic E-state index is -0.885. The van der Waals surface area contributed by atoms with E-state index >= 15 is 0 Å². The summed E-state index contributed by atoms with van der Waals surface area (Å²) in [5, 5.41) is 4.83. The Morgan fingerprint density at radius 2 is 1.76 bits per heavy atom. The van der Waals surface area contributed by atoms with Crippen molar-refractivity contribution in [3.05, 3.63) is 65.7 Å². The molecule has 1 atom stereocenters. The van der Waals surface area contributed by atoms with Gasteiger partial charge in [-0.15, -0.1) is 0 Å². The maximum atomic E-state index is 12.0. The van der Waals surface area contributed by atoms with Crippen molar-refractivity contribution in [1.29, 1.82) is 0 Å². The number of Topliss-reactive ketones (excluding diaryl/α,β-unsaturated/α-hetero) is 1. The van der Waals surface area contributed by atoms with Crippen molar-refractivity contribution < 1.29 is 19.1 Å². The first kappa shape index (κ1) is 18.2. The molecule has 6 nitrogen and oxygen atoms in total. The van der Waals surface area contributed by atoms with Crippen molar-refractivity contribution in [2.24, 2.45) is 0 Å². The molecule has 0 unspecified atom stereocenters. The Kier molecular flexibility index (Phi) is 6.28. The predicted octanol–water partition coefficient (Wildman–Crippen LogP) is 2.68. The third-order valence-corrected chi connectivity index (χ3v) is 3.46. The van der Waals surface area contributed by atoms with Crippen LogP contribution in [0, 0.1) is 0 Å². The number of nitrogens with one attached hydrogen (secondary N) is 2. The molecule has 0 aromatic heterocycles. The Balaban J connectivity index is 1.84. The van der Waals surface area contributed by atoms with Crippen LogP contribution in [-0.2, 0) is 11.3 Å². The van der Waals surface area contributed by atoms with Gasteiger partial charge in [0.1, 0.15) is 5.75 Å². The summed E-state index contributed by atoms with van der Waals surface area (Å²) in [5.74, 6) is -0.276. The average molecular weight is 340 g/mol. The maximum absolute atomic E-state index is 12.0. The number of rotatable bonds is 6. The van der Waals surface area contributed by atoms with Crippen LogP contribution in [0.5, 0.6) is 5.75 Å². The molecular formula is C19H20N2O4. The summed E-state index contributed by atoms with van der Waals surface area (Å²) in [5.41, 5.74) is 1.42. The van der Waals surface area contributed by atoms with Gasteiger partial charge in [0.2, 0.25) is 0 Å². The summed E-state index contributed by atoms with van der Waals surface area (Å²) in [6.45, 7) is 3.29. The number of urea groups is 1. The second-order valence-corrected chi connectivity index (χ2v) is 5.50. The largest absolute Gasteiger partial charge is 0.481 e. The van der Waals surface area contributed by atoms with Gasteiger partial charge in [-0.05, 0) is 31.5 Å². The zero-order chi connectivity index (χ0) is 18.2. The number of hydrogen-bond acceptors (Lipinski definition) is 4. The molecule has 2 aromatic carbocycles. The van der Waals surface area contributed by atoms with Crippen LogP contribution in [0.15, 0.2) is 54.6 Å². The fourth-order valence-electron chi connectivity index (χ4n) is 2.08. The van der Waals surface area contributed by atoms with Crippen molar-refractivity contribution in [1.82, 2.24) is 10.6 Å². The van der Waals surface area contributed by atoms with E-state index in [9.17, 15) is 14.4 Å². The number of carbonyl (C=O) groups excluding carboxylic acids is 3. The van der Waals surface area contributed by atoms with E-state index in [4.69, 9.17) is 4.74 Å². The summed E-state index contributed by atoms with van der Waals surface area (Å²) in [6.07, 6.45) is -0.885. The molecule has 2 N–H and O–H groups in total. The van der Waals surface area contributed by atoms with Gasteiger partial charge in [-0.3, -0.25) is 14.9 Å². The molecule has 0 spiro atoms. The van der Waals surface area contributed by atoms with Crippen molar-refractivity contribution in [3.63, 3.8) is 0 Å². The van der Waals surface area contributed by atoms with Crippen LogP contribution in [-0.4, -0.2) is 23.8 Å². The zero-order valence-electron chi connectivity index (χ0n) is 14.1. The van der Waals surface area contributed by atoms with Crippen LogP contribution in [0.25, 0.3) is 0 Å². The smallest absolute Gasteiger partial charge is 0.321 e. The van der Waals surface area contributed by atoms with Crippen LogP contribution in [0.2, 0.25) is 0 Å². The number of carbonyl (C=O) groups is 3. The molecule has 0 heterocycles. The standard InChI is InChI=1S/C19H20N2O4/c1-13(22)16-9-6-10-17(11-16)25-14(2)18(23)21-19(24)20-12-15-7-4-3-5-8-15/h3-11,14H,12H2,1-2H3,(H2,20,21,23,24)/t14-/m0/s1. The van der Waals surface area contributed by atoms with E-state index in [1.807, 2.05) is 30.3 Å². The Hall–Kier alpha value is -3.15. The van der Waals surface area contributed by atoms with Crippen LogP contribution < -0.4 is 15.4 Å². The highest BCUT2D eigenvalue weighted by Crippen LogP contribution is 2.15. The molecule has 2 aromatic rings. The second-order valence-electron chi connectivity index (χ2n) is 5.50. The second kappa shape index (κ2) is 8.63. The lowest BCUT2D eigenvalue weighted by Crippen LogP contribution is -2.44. The Morgan fingerprint density at radius 1 is 1.04 bits per heavy atom. The fourth-order valence-corrected chi connectivity index (χ4v) is 2.08. The van der Waals surface area contributed by atoms with Crippen molar-refractivity contribution >= 4 is 17.7 Å². The third-order valence-electron chi connectivity index (χ3n) is 3.46. The van der Waals surface area contributed by atoms with E-state index in [0.29, 0.717) is 17.9 Å². The van der Waals surface area contributed by atoms with Crippen LogP contribution in [0.3, 0.4) is 0 Å². The van der Waals surface area contributed by atoms with Crippen molar-refractivity contribution in [3.8, 4) is 5.75 Å². The van der Waals surface area contributed by atoms with Gasteiger partial charge in [0.05, 0.1) is 0 Å². The van der Waals surface area contributed by atoms with Gasteiger partial charge in [-0.1, -0.05) is 42.5 Å². The van der Waals surface area contributed by atoms with Crippen LogP contribution in [0.4, 0.5) is 4.79 Å². The summed E-state index contributed by atoms with van der Waals surface area (Å²) in [4.78, 5) is 35.2. The van der Waals surface area contributed by atoms with Crippen molar-refractivity contribution in [2.75, 3.05) is 0 Å². The van der Waals surface area contributed by atoms with E-state index in [1.165, 1.54) is 13.8 Å². The van der Waals surface area contributed by atoms with Crippen molar-refractivity contribution in [2.45, 2.75) is 26.5 Å². The number of ether oxygens (including phenoxy) is 1. The molecule has 0 radical (unpaired) electrons. The zero-order valence-corrected chi connectivity index (χ0v) is 14.1. The molecular weight excluding hydrogens is 320 g/mol.